The molecule has 0 saturated heterocycles. The fourth-order valence-electron chi connectivity index (χ4n) is 4.36. The van der Waals surface area contributed by atoms with Crippen LogP contribution in [0.5, 0.6) is 11.5 Å². The molecule has 2 N–H and O–H groups in total. The van der Waals surface area contributed by atoms with E-state index in [1.54, 1.807) is 60.7 Å². The van der Waals surface area contributed by atoms with E-state index < -0.39 is 23.4 Å². The summed E-state index contributed by atoms with van der Waals surface area (Å²) in [6.45, 7) is 0. The smallest absolute Gasteiger partial charge is 0.417 e. The van der Waals surface area contributed by atoms with E-state index in [1.807, 2.05) is 24.3 Å². The van der Waals surface area contributed by atoms with Crippen LogP contribution in [0.4, 0.5) is 21.0 Å². The highest BCUT2D eigenvalue weighted by Crippen LogP contribution is 2.22. The summed E-state index contributed by atoms with van der Waals surface area (Å²) in [5.41, 5.74) is 2.78. The minimum Gasteiger partial charge on any atom is -0.423 e. The van der Waals surface area contributed by atoms with Crippen LogP contribution in [0.3, 0.4) is 0 Å². The van der Waals surface area contributed by atoms with Gasteiger partial charge < -0.3 is 18.3 Å². The van der Waals surface area contributed by atoms with Gasteiger partial charge in [0, 0.05) is 46.4 Å². The first kappa shape index (κ1) is 27.0. The first-order valence-corrected chi connectivity index (χ1v) is 13.1. The van der Waals surface area contributed by atoms with E-state index in [9.17, 15) is 19.2 Å². The van der Waals surface area contributed by atoms with Crippen LogP contribution in [0.1, 0.15) is 11.1 Å². The number of carbonyl (C=O) groups excluding carboxylic acids is 2. The Hall–Kier alpha value is -6.16. The SMILES string of the molecule is O=C(Nc1ccc(Cc2ccc(NC(=O)Oc3ccc4ccc(=O)oc4c3)cc2)cc1)Oc1ccc2ccc(=O)oc2c1. The van der Waals surface area contributed by atoms with E-state index in [2.05, 4.69) is 10.6 Å². The molecule has 2 heterocycles. The monoisotopic (exact) mass is 574 g/mol. The molecule has 0 atom stereocenters. The molecule has 43 heavy (non-hydrogen) atoms. The zero-order valence-electron chi connectivity index (χ0n) is 22.4. The van der Waals surface area contributed by atoms with Crippen molar-refractivity contribution in [2.45, 2.75) is 6.42 Å². The van der Waals surface area contributed by atoms with Gasteiger partial charge in [-0.15, -0.1) is 0 Å². The molecular weight excluding hydrogens is 552 g/mol. The Morgan fingerprint density at radius 1 is 0.535 bits per heavy atom. The molecule has 0 spiro atoms. The lowest BCUT2D eigenvalue weighted by Crippen LogP contribution is -2.16. The minimum atomic E-state index is -0.681. The molecule has 2 amide bonds. The van der Waals surface area contributed by atoms with Gasteiger partial charge in [-0.1, -0.05) is 24.3 Å². The number of hydrogen-bond acceptors (Lipinski definition) is 8. The topological polar surface area (TPSA) is 137 Å². The summed E-state index contributed by atoms with van der Waals surface area (Å²) in [6.07, 6.45) is -0.738. The Bertz CT molecular complexity index is 1930. The first-order chi connectivity index (χ1) is 20.9. The molecule has 0 aliphatic heterocycles. The average molecular weight is 575 g/mol. The Morgan fingerprint density at radius 2 is 0.930 bits per heavy atom. The van der Waals surface area contributed by atoms with Crippen molar-refractivity contribution in [3.05, 3.63) is 141 Å². The lowest BCUT2D eigenvalue weighted by atomic mass is 10.0. The molecule has 0 aliphatic carbocycles. The third kappa shape index (κ3) is 6.77. The van der Waals surface area contributed by atoms with Crippen molar-refractivity contribution in [1.29, 1.82) is 0 Å². The maximum atomic E-state index is 12.4. The summed E-state index contributed by atoms with van der Waals surface area (Å²) in [6, 6.07) is 30.1. The van der Waals surface area contributed by atoms with Gasteiger partial charge in [0.1, 0.15) is 22.7 Å². The summed E-state index contributed by atoms with van der Waals surface area (Å²) in [7, 11) is 0. The maximum absolute atomic E-state index is 12.4. The van der Waals surface area contributed by atoms with Crippen LogP contribution in [0.25, 0.3) is 21.9 Å². The third-order valence-corrected chi connectivity index (χ3v) is 6.42. The van der Waals surface area contributed by atoms with Crippen molar-refractivity contribution >= 4 is 45.5 Å². The van der Waals surface area contributed by atoms with Gasteiger partial charge >= 0.3 is 23.4 Å². The molecule has 0 saturated carbocycles. The fourth-order valence-corrected chi connectivity index (χ4v) is 4.36. The summed E-state index contributed by atoms with van der Waals surface area (Å²) >= 11 is 0. The van der Waals surface area contributed by atoms with Gasteiger partial charge in [-0.25, -0.2) is 19.2 Å². The molecule has 0 unspecified atom stereocenters. The van der Waals surface area contributed by atoms with Gasteiger partial charge in [0.2, 0.25) is 0 Å². The largest absolute Gasteiger partial charge is 0.423 e. The number of fused-ring (bicyclic) bond motifs is 2. The van der Waals surface area contributed by atoms with Crippen molar-refractivity contribution in [2.75, 3.05) is 10.6 Å². The highest BCUT2D eigenvalue weighted by atomic mass is 16.6. The van der Waals surface area contributed by atoms with E-state index in [4.69, 9.17) is 18.3 Å². The standard InChI is InChI=1S/C33H22N2O8/c36-30-15-7-22-5-13-26(18-28(22)42-30)40-32(38)34-24-9-1-20(2-10-24)17-21-3-11-25(12-4-21)35-33(39)41-27-14-6-23-8-16-31(37)43-29(23)19-27/h1-16,18-19H,17H2,(H,34,38)(H,35,39). The molecule has 0 radical (unpaired) electrons. The molecule has 4 aromatic carbocycles. The van der Waals surface area contributed by atoms with Crippen LogP contribution in [-0.4, -0.2) is 12.2 Å². The van der Waals surface area contributed by atoms with Crippen LogP contribution in [0.2, 0.25) is 0 Å². The highest BCUT2D eigenvalue weighted by Gasteiger charge is 2.09. The zero-order valence-corrected chi connectivity index (χ0v) is 22.4. The quantitative estimate of drug-likeness (QED) is 0.209. The van der Waals surface area contributed by atoms with Gasteiger partial charge in [0.05, 0.1) is 0 Å². The van der Waals surface area contributed by atoms with Crippen LogP contribution in [0, 0.1) is 0 Å². The average Bonchev–Trinajstić information content (AvgIpc) is 2.98. The van der Waals surface area contributed by atoms with E-state index in [0.29, 0.717) is 39.7 Å². The molecule has 0 fully saturated rings. The highest BCUT2D eigenvalue weighted by molar-refractivity contribution is 5.88. The van der Waals surface area contributed by atoms with Gasteiger partial charge in [-0.2, -0.15) is 0 Å². The molecule has 212 valence electrons. The molecular formula is C33H22N2O8. The van der Waals surface area contributed by atoms with Crippen LogP contribution in [0.15, 0.2) is 128 Å². The van der Waals surface area contributed by atoms with E-state index in [0.717, 1.165) is 11.1 Å². The van der Waals surface area contributed by atoms with E-state index in [-0.39, 0.29) is 11.5 Å². The number of nitrogens with one attached hydrogen (secondary N) is 2. The Morgan fingerprint density at radius 3 is 1.35 bits per heavy atom. The van der Waals surface area contributed by atoms with Crippen LogP contribution < -0.4 is 31.4 Å². The zero-order chi connectivity index (χ0) is 29.8. The van der Waals surface area contributed by atoms with Gasteiger partial charge in [-0.3, -0.25) is 10.6 Å². The van der Waals surface area contributed by atoms with Crippen molar-refractivity contribution < 1.29 is 27.9 Å². The predicted octanol–water partition coefficient (Wildman–Crippen LogP) is 6.71. The van der Waals surface area contributed by atoms with Crippen LogP contribution >= 0.6 is 0 Å². The molecule has 2 aromatic heterocycles. The Labute approximate surface area is 243 Å². The minimum absolute atomic E-state index is 0.241. The van der Waals surface area contributed by atoms with Gasteiger partial charge in [0.15, 0.2) is 0 Å². The number of rotatable bonds is 6. The molecule has 0 bridgehead atoms. The second kappa shape index (κ2) is 11.8. The number of ether oxygens (including phenoxy) is 2. The summed E-state index contributed by atoms with van der Waals surface area (Å²) in [4.78, 5) is 47.6. The molecule has 10 nitrogen and oxygen atoms in total. The Kier molecular flexibility index (Phi) is 7.39. The van der Waals surface area contributed by atoms with E-state index in [1.165, 1.54) is 24.3 Å². The van der Waals surface area contributed by atoms with Crippen molar-refractivity contribution in [3.8, 4) is 11.5 Å². The molecule has 0 aliphatic rings. The second-order valence-corrected chi connectivity index (χ2v) is 9.51. The fraction of sp³-hybridized carbons (Fsp3) is 0.0303. The predicted molar refractivity (Wildman–Crippen MR) is 160 cm³/mol. The second-order valence-electron chi connectivity index (χ2n) is 9.51. The maximum Gasteiger partial charge on any atom is 0.417 e. The van der Waals surface area contributed by atoms with Crippen LogP contribution in [-0.2, 0) is 6.42 Å². The molecule has 6 rings (SSSR count). The summed E-state index contributed by atoms with van der Waals surface area (Å²) < 4.78 is 20.9. The first-order valence-electron chi connectivity index (χ1n) is 13.1. The number of amides is 2. The number of anilines is 2. The number of benzene rings is 4. The Balaban J connectivity index is 1.01. The normalized spacial score (nSPS) is 10.8. The molecule has 10 heteroatoms. The lowest BCUT2D eigenvalue weighted by Gasteiger charge is -2.09. The van der Waals surface area contributed by atoms with Crippen molar-refractivity contribution in [2.24, 2.45) is 0 Å². The number of carbonyl (C=O) groups is 2. The summed E-state index contributed by atoms with van der Waals surface area (Å²) in [5, 5.41) is 6.77. The van der Waals surface area contributed by atoms with E-state index >= 15 is 0 Å². The number of hydrogen-bond donors (Lipinski definition) is 2. The van der Waals surface area contributed by atoms with Gasteiger partial charge in [-0.05, 0) is 78.2 Å². The van der Waals surface area contributed by atoms with Crippen molar-refractivity contribution in [1.82, 2.24) is 0 Å². The third-order valence-electron chi connectivity index (χ3n) is 6.42. The van der Waals surface area contributed by atoms with Crippen molar-refractivity contribution in [3.63, 3.8) is 0 Å². The lowest BCUT2D eigenvalue weighted by molar-refractivity contribution is 0.214. The van der Waals surface area contributed by atoms with Gasteiger partial charge in [0.25, 0.3) is 0 Å². The molecule has 6 aromatic rings. The summed E-state index contributed by atoms with van der Waals surface area (Å²) in [5.74, 6) is 0.483.